The summed E-state index contributed by atoms with van der Waals surface area (Å²) in [5, 5.41) is 3.03. The number of anilines is 1. The molecule has 0 aliphatic heterocycles. The highest BCUT2D eigenvalue weighted by Crippen LogP contribution is 2.26. The van der Waals surface area contributed by atoms with Crippen LogP contribution in [0.5, 0.6) is 0 Å². The summed E-state index contributed by atoms with van der Waals surface area (Å²) < 4.78 is 0.898. The fourth-order valence-electron chi connectivity index (χ4n) is 1.42. The maximum atomic E-state index is 4.47. The van der Waals surface area contributed by atoms with Crippen LogP contribution in [0, 0.1) is 0 Å². The van der Waals surface area contributed by atoms with Gasteiger partial charge in [0.05, 0.1) is 16.4 Å². The second-order valence-electron chi connectivity index (χ2n) is 3.35. The Hall–Kier alpha value is -1.56. The molecule has 2 aromatic heterocycles. The molecule has 6 heteroatoms. The molecular formula is C11H12BrN5. The normalized spacial score (nSPS) is 10.3. The minimum atomic E-state index is 0.586. The fourth-order valence-corrected chi connectivity index (χ4v) is 2.08. The van der Waals surface area contributed by atoms with E-state index in [1.54, 1.807) is 18.6 Å². The van der Waals surface area contributed by atoms with Crippen LogP contribution in [0.4, 0.5) is 5.82 Å². The van der Waals surface area contributed by atoms with Gasteiger partial charge >= 0.3 is 0 Å². The van der Waals surface area contributed by atoms with E-state index in [0.29, 0.717) is 11.5 Å². The molecule has 0 saturated carbocycles. The zero-order valence-corrected chi connectivity index (χ0v) is 11.2. The van der Waals surface area contributed by atoms with Gasteiger partial charge in [-0.3, -0.25) is 4.98 Å². The van der Waals surface area contributed by atoms with Crippen LogP contribution in [0.1, 0.15) is 12.6 Å². The summed E-state index contributed by atoms with van der Waals surface area (Å²) in [6.07, 6.45) is 5.74. The van der Waals surface area contributed by atoms with E-state index in [1.165, 1.54) is 0 Å². The Morgan fingerprint density at radius 3 is 2.71 bits per heavy atom. The van der Waals surface area contributed by atoms with Crippen molar-refractivity contribution in [2.75, 3.05) is 12.4 Å². The van der Waals surface area contributed by atoms with Crippen molar-refractivity contribution in [1.82, 2.24) is 19.9 Å². The van der Waals surface area contributed by atoms with Crippen molar-refractivity contribution in [2.24, 2.45) is 0 Å². The Morgan fingerprint density at radius 2 is 2.12 bits per heavy atom. The average Bonchev–Trinajstić information content (AvgIpc) is 2.40. The van der Waals surface area contributed by atoms with Crippen LogP contribution in [-0.2, 0) is 6.42 Å². The Labute approximate surface area is 108 Å². The number of nitrogens with zero attached hydrogens (tertiary/aromatic N) is 4. The highest BCUT2D eigenvalue weighted by molar-refractivity contribution is 9.10. The molecule has 5 nitrogen and oxygen atoms in total. The Morgan fingerprint density at radius 1 is 1.29 bits per heavy atom. The summed E-state index contributed by atoms with van der Waals surface area (Å²) in [6.45, 7) is 2.05. The number of aryl methyl sites for hydroxylation is 1. The molecule has 0 atom stereocenters. The van der Waals surface area contributed by atoms with Crippen LogP contribution in [0.15, 0.2) is 23.1 Å². The van der Waals surface area contributed by atoms with Crippen molar-refractivity contribution >= 4 is 21.7 Å². The molecule has 0 aliphatic carbocycles. The molecule has 0 fully saturated rings. The van der Waals surface area contributed by atoms with E-state index < -0.39 is 0 Å². The van der Waals surface area contributed by atoms with Gasteiger partial charge in [0.1, 0.15) is 11.5 Å². The summed E-state index contributed by atoms with van der Waals surface area (Å²) in [7, 11) is 1.83. The number of hydrogen-bond acceptors (Lipinski definition) is 5. The second-order valence-corrected chi connectivity index (χ2v) is 4.14. The lowest BCUT2D eigenvalue weighted by atomic mass is 10.3. The first-order chi connectivity index (χ1) is 8.26. The third kappa shape index (κ3) is 2.41. The van der Waals surface area contributed by atoms with Crippen LogP contribution >= 0.6 is 15.9 Å². The first-order valence-electron chi connectivity index (χ1n) is 5.26. The zero-order valence-electron chi connectivity index (χ0n) is 9.61. The third-order valence-electron chi connectivity index (χ3n) is 2.28. The topological polar surface area (TPSA) is 63.6 Å². The molecule has 1 N–H and O–H groups in total. The van der Waals surface area contributed by atoms with Gasteiger partial charge in [0.15, 0.2) is 5.82 Å². The number of rotatable bonds is 3. The number of nitrogens with one attached hydrogen (secondary N) is 1. The third-order valence-corrected chi connectivity index (χ3v) is 3.12. The molecule has 88 valence electrons. The fraction of sp³-hybridized carbons (Fsp3) is 0.273. The van der Waals surface area contributed by atoms with Crippen LogP contribution in [0.2, 0.25) is 0 Å². The molecule has 0 aliphatic rings. The van der Waals surface area contributed by atoms with Crippen LogP contribution in [-0.4, -0.2) is 27.0 Å². The van der Waals surface area contributed by atoms with E-state index in [4.69, 9.17) is 0 Å². The van der Waals surface area contributed by atoms with Gasteiger partial charge in [-0.1, -0.05) is 6.92 Å². The SMILES string of the molecule is CCc1nc(-c2cnccn2)nc(NC)c1Br. The molecule has 2 heterocycles. The Bertz CT molecular complexity index is 490. The summed E-state index contributed by atoms with van der Waals surface area (Å²) in [5.74, 6) is 1.35. The largest absolute Gasteiger partial charge is 0.372 e. The number of halogens is 1. The van der Waals surface area contributed by atoms with Crippen LogP contribution < -0.4 is 5.32 Å². The van der Waals surface area contributed by atoms with Gasteiger partial charge in [0, 0.05) is 19.4 Å². The Balaban J connectivity index is 2.56. The number of aromatic nitrogens is 4. The summed E-state index contributed by atoms with van der Waals surface area (Å²) in [6, 6.07) is 0. The highest BCUT2D eigenvalue weighted by atomic mass is 79.9. The maximum absolute atomic E-state index is 4.47. The highest BCUT2D eigenvalue weighted by Gasteiger charge is 2.12. The molecule has 0 aromatic carbocycles. The zero-order chi connectivity index (χ0) is 12.3. The van der Waals surface area contributed by atoms with E-state index in [1.807, 2.05) is 14.0 Å². The molecule has 2 aromatic rings. The predicted octanol–water partition coefficient (Wildman–Crippen LogP) is 2.30. The average molecular weight is 294 g/mol. The molecular weight excluding hydrogens is 282 g/mol. The van der Waals surface area contributed by atoms with E-state index in [0.717, 1.165) is 22.4 Å². The van der Waals surface area contributed by atoms with Gasteiger partial charge < -0.3 is 5.32 Å². The minimum absolute atomic E-state index is 0.586. The predicted molar refractivity (Wildman–Crippen MR) is 69.7 cm³/mol. The van der Waals surface area contributed by atoms with Gasteiger partial charge in [-0.2, -0.15) is 0 Å². The van der Waals surface area contributed by atoms with Gasteiger partial charge in [0.25, 0.3) is 0 Å². The first-order valence-corrected chi connectivity index (χ1v) is 6.06. The summed E-state index contributed by atoms with van der Waals surface area (Å²) >= 11 is 3.48. The molecule has 0 saturated heterocycles. The van der Waals surface area contributed by atoms with Crippen molar-refractivity contribution in [2.45, 2.75) is 13.3 Å². The van der Waals surface area contributed by atoms with Crippen LogP contribution in [0.25, 0.3) is 11.5 Å². The van der Waals surface area contributed by atoms with Crippen molar-refractivity contribution in [3.63, 3.8) is 0 Å². The maximum Gasteiger partial charge on any atom is 0.182 e. The lowest BCUT2D eigenvalue weighted by Crippen LogP contribution is -2.03. The molecule has 0 radical (unpaired) electrons. The molecule has 0 spiro atoms. The monoisotopic (exact) mass is 293 g/mol. The van der Waals surface area contributed by atoms with Crippen LogP contribution in [0.3, 0.4) is 0 Å². The Kier molecular flexibility index (Phi) is 3.63. The number of hydrogen-bond donors (Lipinski definition) is 1. The molecule has 2 rings (SSSR count). The van der Waals surface area contributed by atoms with E-state index in [9.17, 15) is 0 Å². The quantitative estimate of drug-likeness (QED) is 0.941. The molecule has 0 bridgehead atoms. The van der Waals surface area contributed by atoms with Gasteiger partial charge in [-0.25, -0.2) is 15.0 Å². The minimum Gasteiger partial charge on any atom is -0.372 e. The molecule has 17 heavy (non-hydrogen) atoms. The molecule has 0 unspecified atom stereocenters. The summed E-state index contributed by atoms with van der Waals surface area (Å²) in [5.41, 5.74) is 1.62. The summed E-state index contributed by atoms with van der Waals surface area (Å²) in [4.78, 5) is 17.1. The van der Waals surface area contributed by atoms with Gasteiger partial charge in [-0.15, -0.1) is 0 Å². The van der Waals surface area contributed by atoms with Gasteiger partial charge in [0.2, 0.25) is 0 Å². The smallest absolute Gasteiger partial charge is 0.182 e. The van der Waals surface area contributed by atoms with Crippen molar-refractivity contribution < 1.29 is 0 Å². The lowest BCUT2D eigenvalue weighted by molar-refractivity contribution is 0.981. The van der Waals surface area contributed by atoms with Crippen molar-refractivity contribution in [3.8, 4) is 11.5 Å². The van der Waals surface area contributed by atoms with Crippen molar-refractivity contribution in [3.05, 3.63) is 28.8 Å². The van der Waals surface area contributed by atoms with Crippen molar-refractivity contribution in [1.29, 1.82) is 0 Å². The van der Waals surface area contributed by atoms with E-state index in [-0.39, 0.29) is 0 Å². The van der Waals surface area contributed by atoms with Gasteiger partial charge in [-0.05, 0) is 22.4 Å². The second kappa shape index (κ2) is 5.18. The standard InChI is InChI=1S/C11H12BrN5/c1-3-7-9(12)11(13-2)17-10(16-7)8-6-14-4-5-15-8/h4-6H,3H2,1-2H3,(H,13,16,17). The first kappa shape index (κ1) is 11.9. The van der Waals surface area contributed by atoms with E-state index in [2.05, 4.69) is 41.2 Å². The van der Waals surface area contributed by atoms with E-state index >= 15 is 0 Å². The molecule has 0 amide bonds. The lowest BCUT2D eigenvalue weighted by Gasteiger charge is -2.09.